The van der Waals surface area contributed by atoms with Crippen molar-refractivity contribution < 1.29 is 14.3 Å². The Morgan fingerprint density at radius 3 is 2.59 bits per heavy atom. The van der Waals surface area contributed by atoms with E-state index < -0.39 is 17.7 Å². The summed E-state index contributed by atoms with van der Waals surface area (Å²) < 4.78 is 5.46. The van der Waals surface area contributed by atoms with E-state index in [9.17, 15) is 9.59 Å². The SMILES string of the molecule is C[C@@H](NC(=O)[C@@H]1CCCN1C(=O)OC(C)(C)C)c1cccc2ccccc12. The first kappa shape index (κ1) is 19.2. The lowest BCUT2D eigenvalue weighted by Gasteiger charge is -2.29. The van der Waals surface area contributed by atoms with Crippen LogP contribution in [0.2, 0.25) is 0 Å². The number of likely N-dealkylation sites (tertiary alicyclic amines) is 1. The molecule has 1 fully saturated rings. The molecule has 27 heavy (non-hydrogen) atoms. The third kappa shape index (κ3) is 4.41. The number of amides is 2. The molecule has 0 spiro atoms. The van der Waals surface area contributed by atoms with Crippen LogP contribution in [0.1, 0.15) is 52.1 Å². The van der Waals surface area contributed by atoms with Crippen LogP contribution in [0, 0.1) is 0 Å². The summed E-state index contributed by atoms with van der Waals surface area (Å²) in [5.41, 5.74) is 0.500. The first-order valence-corrected chi connectivity index (χ1v) is 9.54. The predicted molar refractivity (Wildman–Crippen MR) is 106 cm³/mol. The van der Waals surface area contributed by atoms with Crippen molar-refractivity contribution in [3.8, 4) is 0 Å². The number of carbonyl (C=O) groups is 2. The van der Waals surface area contributed by atoms with Gasteiger partial charge in [-0.1, -0.05) is 42.5 Å². The molecule has 0 aromatic heterocycles. The first-order valence-electron chi connectivity index (χ1n) is 9.54. The van der Waals surface area contributed by atoms with Crippen LogP contribution >= 0.6 is 0 Å². The lowest BCUT2D eigenvalue weighted by Crippen LogP contribution is -2.48. The van der Waals surface area contributed by atoms with Gasteiger partial charge in [-0.25, -0.2) is 4.79 Å². The van der Waals surface area contributed by atoms with E-state index in [2.05, 4.69) is 23.5 Å². The highest BCUT2D eigenvalue weighted by atomic mass is 16.6. The lowest BCUT2D eigenvalue weighted by molar-refractivity contribution is -0.126. The maximum atomic E-state index is 12.9. The number of nitrogens with one attached hydrogen (secondary N) is 1. The number of ether oxygens (including phenoxy) is 1. The summed E-state index contributed by atoms with van der Waals surface area (Å²) >= 11 is 0. The average molecular weight is 368 g/mol. The molecule has 0 radical (unpaired) electrons. The second-order valence-corrected chi connectivity index (χ2v) is 8.13. The summed E-state index contributed by atoms with van der Waals surface area (Å²) in [6.45, 7) is 8.03. The number of hydrogen-bond acceptors (Lipinski definition) is 3. The number of benzene rings is 2. The van der Waals surface area contributed by atoms with E-state index in [1.54, 1.807) is 4.90 Å². The lowest BCUT2D eigenvalue weighted by atomic mass is 9.99. The molecule has 5 heteroatoms. The van der Waals surface area contributed by atoms with E-state index in [1.807, 2.05) is 52.0 Å². The minimum absolute atomic E-state index is 0.126. The molecule has 1 aliphatic heterocycles. The van der Waals surface area contributed by atoms with E-state index in [-0.39, 0.29) is 11.9 Å². The third-order valence-corrected chi connectivity index (χ3v) is 4.83. The van der Waals surface area contributed by atoms with Crippen molar-refractivity contribution in [2.24, 2.45) is 0 Å². The summed E-state index contributed by atoms with van der Waals surface area (Å²) in [5, 5.41) is 5.36. The molecule has 1 heterocycles. The molecule has 1 aliphatic rings. The van der Waals surface area contributed by atoms with Gasteiger partial charge in [-0.15, -0.1) is 0 Å². The van der Waals surface area contributed by atoms with Crippen molar-refractivity contribution in [1.29, 1.82) is 0 Å². The molecule has 2 aromatic rings. The number of carbonyl (C=O) groups excluding carboxylic acids is 2. The zero-order chi connectivity index (χ0) is 19.6. The van der Waals surface area contributed by atoms with Gasteiger partial charge in [0.15, 0.2) is 0 Å². The summed E-state index contributed by atoms with van der Waals surface area (Å²) in [5.74, 6) is -0.126. The van der Waals surface area contributed by atoms with Gasteiger partial charge < -0.3 is 10.1 Å². The van der Waals surface area contributed by atoms with Crippen LogP contribution in [-0.2, 0) is 9.53 Å². The fourth-order valence-electron chi connectivity index (χ4n) is 3.59. The molecule has 2 aromatic carbocycles. The highest BCUT2D eigenvalue weighted by Gasteiger charge is 2.37. The zero-order valence-corrected chi connectivity index (χ0v) is 16.5. The van der Waals surface area contributed by atoms with Crippen LogP contribution in [0.4, 0.5) is 4.79 Å². The average Bonchev–Trinajstić information content (AvgIpc) is 3.10. The Labute approximate surface area is 160 Å². The maximum absolute atomic E-state index is 12.9. The van der Waals surface area contributed by atoms with Crippen molar-refractivity contribution in [1.82, 2.24) is 10.2 Å². The number of nitrogens with zero attached hydrogens (tertiary/aromatic N) is 1. The molecule has 0 aliphatic carbocycles. The Hall–Kier alpha value is -2.56. The van der Waals surface area contributed by atoms with Crippen molar-refractivity contribution in [3.63, 3.8) is 0 Å². The molecule has 2 amide bonds. The van der Waals surface area contributed by atoms with Gasteiger partial charge in [-0.2, -0.15) is 0 Å². The highest BCUT2D eigenvalue weighted by Crippen LogP contribution is 2.26. The first-order chi connectivity index (χ1) is 12.8. The van der Waals surface area contributed by atoms with Crippen molar-refractivity contribution in [2.75, 3.05) is 6.54 Å². The molecule has 0 saturated carbocycles. The number of hydrogen-bond donors (Lipinski definition) is 1. The monoisotopic (exact) mass is 368 g/mol. The second-order valence-electron chi connectivity index (χ2n) is 8.13. The normalized spacial score (nSPS) is 18.4. The summed E-state index contributed by atoms with van der Waals surface area (Å²) in [7, 11) is 0. The number of rotatable bonds is 3. The smallest absolute Gasteiger partial charge is 0.410 e. The van der Waals surface area contributed by atoms with Gasteiger partial charge in [0.05, 0.1) is 6.04 Å². The molecule has 3 rings (SSSR count). The van der Waals surface area contributed by atoms with E-state index >= 15 is 0 Å². The van der Waals surface area contributed by atoms with Crippen molar-refractivity contribution in [2.45, 2.75) is 58.2 Å². The molecule has 1 N–H and O–H groups in total. The Morgan fingerprint density at radius 2 is 1.85 bits per heavy atom. The third-order valence-electron chi connectivity index (χ3n) is 4.83. The molecule has 0 bridgehead atoms. The van der Waals surface area contributed by atoms with Gasteiger partial charge in [-0.3, -0.25) is 9.69 Å². The van der Waals surface area contributed by atoms with E-state index in [0.29, 0.717) is 13.0 Å². The molecular formula is C22H28N2O3. The Kier molecular flexibility index (Phi) is 5.40. The summed E-state index contributed by atoms with van der Waals surface area (Å²) in [6.07, 6.45) is 1.05. The maximum Gasteiger partial charge on any atom is 0.410 e. The van der Waals surface area contributed by atoms with Gasteiger partial charge in [0.2, 0.25) is 5.91 Å². The molecule has 2 atom stereocenters. The van der Waals surface area contributed by atoms with Crippen LogP contribution < -0.4 is 5.32 Å². The van der Waals surface area contributed by atoms with Crippen LogP contribution in [-0.4, -0.2) is 35.1 Å². The van der Waals surface area contributed by atoms with Gasteiger partial charge in [-0.05, 0) is 56.9 Å². The quantitative estimate of drug-likeness (QED) is 0.873. The molecule has 1 saturated heterocycles. The van der Waals surface area contributed by atoms with Gasteiger partial charge >= 0.3 is 6.09 Å². The standard InChI is InChI=1S/C22H28N2O3/c1-15(17-12-7-10-16-9-5-6-11-18(16)17)23-20(25)19-13-8-14-24(19)21(26)27-22(2,3)4/h5-7,9-12,15,19H,8,13-14H2,1-4H3,(H,23,25)/t15-,19+/m1/s1. The van der Waals surface area contributed by atoms with Crippen LogP contribution in [0.5, 0.6) is 0 Å². The minimum Gasteiger partial charge on any atom is -0.444 e. The van der Waals surface area contributed by atoms with E-state index in [1.165, 1.54) is 0 Å². The second kappa shape index (κ2) is 7.59. The van der Waals surface area contributed by atoms with Crippen molar-refractivity contribution >= 4 is 22.8 Å². The largest absolute Gasteiger partial charge is 0.444 e. The van der Waals surface area contributed by atoms with Gasteiger partial charge in [0.1, 0.15) is 11.6 Å². The Bertz CT molecular complexity index is 836. The minimum atomic E-state index is -0.572. The van der Waals surface area contributed by atoms with E-state index in [0.717, 1.165) is 22.8 Å². The summed E-state index contributed by atoms with van der Waals surface area (Å²) in [4.78, 5) is 26.9. The predicted octanol–water partition coefficient (Wildman–Crippen LogP) is 4.42. The fourth-order valence-corrected chi connectivity index (χ4v) is 3.59. The van der Waals surface area contributed by atoms with Gasteiger partial charge in [0, 0.05) is 6.54 Å². The topological polar surface area (TPSA) is 58.6 Å². The highest BCUT2D eigenvalue weighted by molar-refractivity contribution is 5.89. The number of fused-ring (bicyclic) bond motifs is 1. The van der Waals surface area contributed by atoms with Crippen LogP contribution in [0.3, 0.4) is 0 Å². The fraction of sp³-hybridized carbons (Fsp3) is 0.455. The van der Waals surface area contributed by atoms with Crippen LogP contribution in [0.25, 0.3) is 10.8 Å². The molecular weight excluding hydrogens is 340 g/mol. The van der Waals surface area contributed by atoms with Crippen LogP contribution in [0.15, 0.2) is 42.5 Å². The molecule has 5 nitrogen and oxygen atoms in total. The Morgan fingerprint density at radius 1 is 1.15 bits per heavy atom. The Balaban J connectivity index is 1.73. The molecule has 144 valence electrons. The van der Waals surface area contributed by atoms with E-state index in [4.69, 9.17) is 4.74 Å². The van der Waals surface area contributed by atoms with Crippen molar-refractivity contribution in [3.05, 3.63) is 48.0 Å². The zero-order valence-electron chi connectivity index (χ0n) is 16.5. The molecule has 0 unspecified atom stereocenters. The summed E-state index contributed by atoms with van der Waals surface area (Å²) in [6, 6.07) is 13.6. The van der Waals surface area contributed by atoms with Gasteiger partial charge in [0.25, 0.3) is 0 Å².